The summed E-state index contributed by atoms with van der Waals surface area (Å²) in [6.45, 7) is 2.90. The van der Waals surface area contributed by atoms with Crippen LogP contribution in [0.25, 0.3) is 0 Å². The summed E-state index contributed by atoms with van der Waals surface area (Å²) in [5.74, 6) is -0.479. The Kier molecular flexibility index (Phi) is 7.25. The number of halogens is 2. The van der Waals surface area contributed by atoms with Crippen molar-refractivity contribution in [3.8, 4) is 5.75 Å². The van der Waals surface area contributed by atoms with Crippen LogP contribution in [0.4, 0.5) is 4.39 Å². The Morgan fingerprint density at radius 3 is 2.82 bits per heavy atom. The highest BCUT2D eigenvalue weighted by molar-refractivity contribution is 5.96. The van der Waals surface area contributed by atoms with Crippen LogP contribution in [0.1, 0.15) is 17.3 Å². The average molecular weight is 263 g/mol. The van der Waals surface area contributed by atoms with Gasteiger partial charge in [0.05, 0.1) is 5.56 Å². The van der Waals surface area contributed by atoms with Crippen LogP contribution in [0.3, 0.4) is 0 Å². The standard InChI is InChI=1S/C11H15FN2O2.ClH/c1-2-14-11(15)9-7-8(12)3-4-10(9)16-6-5-13;/h3-4,7H,2,5-6,13H2,1H3,(H,14,15);1H. The molecule has 0 bridgehead atoms. The van der Waals surface area contributed by atoms with Gasteiger partial charge in [0.2, 0.25) is 0 Å². The molecule has 1 aromatic carbocycles. The molecule has 0 saturated heterocycles. The third-order valence-corrected chi connectivity index (χ3v) is 1.90. The molecule has 3 N–H and O–H groups in total. The Hall–Kier alpha value is -1.33. The summed E-state index contributed by atoms with van der Waals surface area (Å²) in [7, 11) is 0. The Labute approximate surface area is 106 Å². The Balaban J connectivity index is 0.00000256. The third-order valence-electron chi connectivity index (χ3n) is 1.90. The molecule has 1 aromatic rings. The van der Waals surface area contributed by atoms with Crippen molar-refractivity contribution >= 4 is 18.3 Å². The molecule has 96 valence electrons. The summed E-state index contributed by atoms with van der Waals surface area (Å²) in [6, 6.07) is 3.82. The molecule has 0 aliphatic carbocycles. The van der Waals surface area contributed by atoms with Crippen molar-refractivity contribution in [2.24, 2.45) is 5.73 Å². The van der Waals surface area contributed by atoms with Crippen molar-refractivity contribution in [3.05, 3.63) is 29.6 Å². The van der Waals surface area contributed by atoms with Gasteiger partial charge in [0.15, 0.2) is 0 Å². The van der Waals surface area contributed by atoms with Crippen molar-refractivity contribution < 1.29 is 13.9 Å². The van der Waals surface area contributed by atoms with E-state index < -0.39 is 5.82 Å². The van der Waals surface area contributed by atoms with E-state index in [0.717, 1.165) is 6.07 Å². The van der Waals surface area contributed by atoms with Crippen LogP contribution in [0.15, 0.2) is 18.2 Å². The van der Waals surface area contributed by atoms with Crippen LogP contribution in [0, 0.1) is 5.82 Å². The molecule has 0 aromatic heterocycles. The zero-order valence-corrected chi connectivity index (χ0v) is 10.3. The maximum atomic E-state index is 13.0. The largest absolute Gasteiger partial charge is 0.491 e. The number of carbonyl (C=O) groups excluding carboxylic acids is 1. The summed E-state index contributed by atoms with van der Waals surface area (Å²) in [5.41, 5.74) is 5.48. The predicted molar refractivity (Wildman–Crippen MR) is 66.2 cm³/mol. The van der Waals surface area contributed by atoms with Crippen molar-refractivity contribution in [2.75, 3.05) is 19.7 Å². The lowest BCUT2D eigenvalue weighted by Crippen LogP contribution is -2.24. The van der Waals surface area contributed by atoms with Crippen molar-refractivity contribution in [3.63, 3.8) is 0 Å². The molecule has 4 nitrogen and oxygen atoms in total. The minimum Gasteiger partial charge on any atom is -0.491 e. The van der Waals surface area contributed by atoms with Gasteiger partial charge in [0.25, 0.3) is 5.91 Å². The van der Waals surface area contributed by atoms with Gasteiger partial charge in [0, 0.05) is 13.1 Å². The average Bonchev–Trinajstić information content (AvgIpc) is 2.27. The maximum Gasteiger partial charge on any atom is 0.255 e. The number of hydrogen-bond acceptors (Lipinski definition) is 3. The van der Waals surface area contributed by atoms with Crippen molar-refractivity contribution in [1.29, 1.82) is 0 Å². The van der Waals surface area contributed by atoms with E-state index in [-0.39, 0.29) is 30.5 Å². The van der Waals surface area contributed by atoms with E-state index in [1.165, 1.54) is 12.1 Å². The van der Waals surface area contributed by atoms with E-state index in [4.69, 9.17) is 10.5 Å². The van der Waals surface area contributed by atoms with Crippen molar-refractivity contribution in [2.45, 2.75) is 6.92 Å². The Morgan fingerprint density at radius 1 is 1.53 bits per heavy atom. The first-order chi connectivity index (χ1) is 7.69. The number of amides is 1. The second kappa shape index (κ2) is 7.86. The van der Waals surface area contributed by atoms with E-state index in [1.807, 2.05) is 0 Å². The molecular formula is C11H16ClFN2O2. The van der Waals surface area contributed by atoms with Gasteiger partial charge in [-0.05, 0) is 25.1 Å². The van der Waals surface area contributed by atoms with Crippen LogP contribution >= 0.6 is 12.4 Å². The zero-order valence-electron chi connectivity index (χ0n) is 9.53. The fraction of sp³-hybridized carbons (Fsp3) is 0.364. The van der Waals surface area contributed by atoms with E-state index in [9.17, 15) is 9.18 Å². The number of rotatable bonds is 5. The number of nitrogens with two attached hydrogens (primary N) is 1. The fourth-order valence-corrected chi connectivity index (χ4v) is 1.23. The van der Waals surface area contributed by atoms with E-state index >= 15 is 0 Å². The fourth-order valence-electron chi connectivity index (χ4n) is 1.23. The van der Waals surface area contributed by atoms with Gasteiger partial charge in [-0.25, -0.2) is 4.39 Å². The maximum absolute atomic E-state index is 13.0. The number of carbonyl (C=O) groups is 1. The minimum absolute atomic E-state index is 0. The van der Waals surface area contributed by atoms with Crippen LogP contribution in [0.2, 0.25) is 0 Å². The van der Waals surface area contributed by atoms with Crippen LogP contribution < -0.4 is 15.8 Å². The summed E-state index contributed by atoms with van der Waals surface area (Å²) in [6.07, 6.45) is 0. The van der Waals surface area contributed by atoms with E-state index in [2.05, 4.69) is 5.32 Å². The normalized spacial score (nSPS) is 9.35. The number of benzene rings is 1. The molecule has 0 spiro atoms. The van der Waals surface area contributed by atoms with Crippen LogP contribution in [-0.2, 0) is 0 Å². The first-order valence-electron chi connectivity index (χ1n) is 5.09. The van der Waals surface area contributed by atoms with Gasteiger partial charge >= 0.3 is 0 Å². The second-order valence-electron chi connectivity index (χ2n) is 3.14. The summed E-state index contributed by atoms with van der Waals surface area (Å²) >= 11 is 0. The molecule has 0 saturated carbocycles. The zero-order chi connectivity index (χ0) is 12.0. The molecule has 0 radical (unpaired) electrons. The molecule has 0 unspecified atom stereocenters. The molecule has 17 heavy (non-hydrogen) atoms. The molecule has 0 aliphatic heterocycles. The molecule has 0 fully saturated rings. The highest BCUT2D eigenvalue weighted by Crippen LogP contribution is 2.19. The lowest BCUT2D eigenvalue weighted by molar-refractivity contribution is 0.0951. The highest BCUT2D eigenvalue weighted by Gasteiger charge is 2.12. The second-order valence-corrected chi connectivity index (χ2v) is 3.14. The predicted octanol–water partition coefficient (Wildman–Crippen LogP) is 1.33. The highest BCUT2D eigenvalue weighted by atomic mass is 35.5. The molecule has 0 atom stereocenters. The lowest BCUT2D eigenvalue weighted by atomic mass is 10.2. The van der Waals surface area contributed by atoms with Gasteiger partial charge in [-0.2, -0.15) is 0 Å². The molecule has 1 rings (SSSR count). The number of hydrogen-bond donors (Lipinski definition) is 2. The van der Waals surface area contributed by atoms with E-state index in [0.29, 0.717) is 18.8 Å². The summed E-state index contributed by atoms with van der Waals surface area (Å²) in [4.78, 5) is 11.6. The monoisotopic (exact) mass is 262 g/mol. The molecule has 0 aliphatic rings. The SMILES string of the molecule is CCNC(=O)c1cc(F)ccc1OCCN.Cl. The first-order valence-corrected chi connectivity index (χ1v) is 5.09. The van der Waals surface area contributed by atoms with Gasteiger partial charge in [0.1, 0.15) is 18.2 Å². The minimum atomic E-state index is -0.471. The van der Waals surface area contributed by atoms with Crippen LogP contribution in [0.5, 0.6) is 5.75 Å². The summed E-state index contributed by atoms with van der Waals surface area (Å²) < 4.78 is 18.3. The molecule has 1 amide bonds. The van der Waals surface area contributed by atoms with Gasteiger partial charge in [-0.3, -0.25) is 4.79 Å². The number of ether oxygens (including phenoxy) is 1. The Morgan fingerprint density at radius 2 is 2.24 bits per heavy atom. The van der Waals surface area contributed by atoms with Gasteiger partial charge in [-0.15, -0.1) is 12.4 Å². The van der Waals surface area contributed by atoms with Crippen molar-refractivity contribution in [1.82, 2.24) is 5.32 Å². The van der Waals surface area contributed by atoms with E-state index in [1.54, 1.807) is 6.92 Å². The molecular weight excluding hydrogens is 247 g/mol. The van der Waals surface area contributed by atoms with Gasteiger partial charge in [-0.1, -0.05) is 0 Å². The van der Waals surface area contributed by atoms with Crippen LogP contribution in [-0.4, -0.2) is 25.6 Å². The number of nitrogens with one attached hydrogen (secondary N) is 1. The quantitative estimate of drug-likeness (QED) is 0.842. The first kappa shape index (κ1) is 15.7. The summed E-state index contributed by atoms with van der Waals surface area (Å²) in [5, 5.41) is 2.59. The Bertz CT molecular complexity index is 374. The third kappa shape index (κ3) is 4.58. The molecule has 0 heterocycles. The lowest BCUT2D eigenvalue weighted by Gasteiger charge is -2.10. The van der Waals surface area contributed by atoms with Gasteiger partial charge < -0.3 is 15.8 Å². The smallest absolute Gasteiger partial charge is 0.255 e. The molecule has 6 heteroatoms. The topological polar surface area (TPSA) is 64.3 Å².